The van der Waals surface area contributed by atoms with Gasteiger partial charge in [0.2, 0.25) is 5.91 Å². The van der Waals surface area contributed by atoms with Crippen molar-refractivity contribution in [1.82, 2.24) is 9.55 Å². The predicted octanol–water partition coefficient (Wildman–Crippen LogP) is 1.80. The van der Waals surface area contributed by atoms with Gasteiger partial charge in [0.25, 0.3) is 0 Å². The topological polar surface area (TPSA) is 87.1 Å². The van der Waals surface area contributed by atoms with Crippen molar-refractivity contribution >= 4 is 11.6 Å². The van der Waals surface area contributed by atoms with Gasteiger partial charge in [0, 0.05) is 18.1 Å². The smallest absolute Gasteiger partial charge is 0.330 e. The van der Waals surface area contributed by atoms with E-state index in [9.17, 15) is 14.7 Å². The SMILES string of the molecule is O=C(CC1(O)CCCC1)Nc1cccc(-n2cc[nH]c2=O)c1. The summed E-state index contributed by atoms with van der Waals surface area (Å²) in [6, 6.07) is 7.05. The van der Waals surface area contributed by atoms with Crippen LogP contribution in [0.4, 0.5) is 5.69 Å². The van der Waals surface area contributed by atoms with Crippen molar-refractivity contribution in [3.63, 3.8) is 0 Å². The van der Waals surface area contributed by atoms with Gasteiger partial charge in [-0.2, -0.15) is 0 Å². The minimum absolute atomic E-state index is 0.112. The lowest BCUT2D eigenvalue weighted by Crippen LogP contribution is -2.30. The maximum atomic E-state index is 12.1. The zero-order valence-electron chi connectivity index (χ0n) is 12.2. The van der Waals surface area contributed by atoms with Gasteiger partial charge in [0.1, 0.15) is 0 Å². The molecule has 6 heteroatoms. The monoisotopic (exact) mass is 301 g/mol. The molecule has 1 fully saturated rings. The number of carbonyl (C=O) groups excluding carboxylic acids is 1. The maximum Gasteiger partial charge on any atom is 0.330 e. The molecule has 0 aliphatic heterocycles. The third-order valence-corrected chi connectivity index (χ3v) is 4.08. The number of imidazole rings is 1. The molecule has 6 nitrogen and oxygen atoms in total. The Kier molecular flexibility index (Phi) is 3.85. The summed E-state index contributed by atoms with van der Waals surface area (Å²) < 4.78 is 1.46. The Morgan fingerprint density at radius 1 is 1.36 bits per heavy atom. The van der Waals surface area contributed by atoms with Crippen LogP contribution in [-0.4, -0.2) is 26.2 Å². The minimum atomic E-state index is -0.862. The summed E-state index contributed by atoms with van der Waals surface area (Å²) in [5, 5.41) is 13.1. The highest BCUT2D eigenvalue weighted by atomic mass is 16.3. The highest BCUT2D eigenvalue weighted by molar-refractivity contribution is 5.91. The van der Waals surface area contributed by atoms with Crippen LogP contribution in [0.5, 0.6) is 0 Å². The summed E-state index contributed by atoms with van der Waals surface area (Å²) in [7, 11) is 0. The molecule has 1 saturated carbocycles. The van der Waals surface area contributed by atoms with E-state index < -0.39 is 5.60 Å². The van der Waals surface area contributed by atoms with Gasteiger partial charge in [0.05, 0.1) is 17.7 Å². The molecule has 116 valence electrons. The molecule has 1 aromatic carbocycles. The predicted molar refractivity (Wildman–Crippen MR) is 83.1 cm³/mol. The zero-order valence-corrected chi connectivity index (χ0v) is 12.2. The molecule has 1 aliphatic rings. The molecular formula is C16H19N3O3. The molecular weight excluding hydrogens is 282 g/mol. The molecule has 0 radical (unpaired) electrons. The first-order valence-corrected chi connectivity index (χ1v) is 7.44. The van der Waals surface area contributed by atoms with Gasteiger partial charge in [-0.25, -0.2) is 4.79 Å². The van der Waals surface area contributed by atoms with Crippen molar-refractivity contribution < 1.29 is 9.90 Å². The number of benzene rings is 1. The van der Waals surface area contributed by atoms with Gasteiger partial charge < -0.3 is 15.4 Å². The van der Waals surface area contributed by atoms with Crippen molar-refractivity contribution in [3.05, 3.63) is 47.1 Å². The van der Waals surface area contributed by atoms with Crippen LogP contribution in [0.2, 0.25) is 0 Å². The quantitative estimate of drug-likeness (QED) is 0.804. The van der Waals surface area contributed by atoms with Gasteiger partial charge in [-0.05, 0) is 31.0 Å². The molecule has 3 rings (SSSR count). The average molecular weight is 301 g/mol. The lowest BCUT2D eigenvalue weighted by Gasteiger charge is -2.21. The summed E-state index contributed by atoms with van der Waals surface area (Å²) in [6.07, 6.45) is 6.60. The Morgan fingerprint density at radius 3 is 2.82 bits per heavy atom. The molecule has 0 atom stereocenters. The zero-order chi connectivity index (χ0) is 15.6. The lowest BCUT2D eigenvalue weighted by molar-refractivity contribution is -0.120. The highest BCUT2D eigenvalue weighted by Crippen LogP contribution is 2.32. The highest BCUT2D eigenvalue weighted by Gasteiger charge is 2.33. The molecule has 1 aliphatic carbocycles. The number of aromatic amines is 1. The molecule has 0 unspecified atom stereocenters. The van der Waals surface area contributed by atoms with Crippen molar-refractivity contribution in [2.24, 2.45) is 0 Å². The van der Waals surface area contributed by atoms with Crippen LogP contribution in [0, 0.1) is 0 Å². The fourth-order valence-electron chi connectivity index (χ4n) is 2.97. The fraction of sp³-hybridized carbons (Fsp3) is 0.375. The number of nitrogens with one attached hydrogen (secondary N) is 2. The molecule has 2 aromatic rings. The standard InChI is InChI=1S/C16H19N3O3/c20-14(11-16(22)6-1-2-7-16)18-12-4-3-5-13(10-12)19-9-8-17-15(19)21/h3-5,8-10,22H,1-2,6-7,11H2,(H,17,21)(H,18,20). The average Bonchev–Trinajstić information content (AvgIpc) is 3.07. The summed E-state index contributed by atoms with van der Waals surface area (Å²) in [5.74, 6) is -0.206. The summed E-state index contributed by atoms with van der Waals surface area (Å²) in [6.45, 7) is 0. The molecule has 1 aromatic heterocycles. The number of anilines is 1. The normalized spacial score (nSPS) is 16.6. The number of rotatable bonds is 4. The Hall–Kier alpha value is -2.34. The first-order chi connectivity index (χ1) is 10.6. The number of aliphatic hydroxyl groups is 1. The van der Waals surface area contributed by atoms with Crippen molar-refractivity contribution in [1.29, 1.82) is 0 Å². The van der Waals surface area contributed by atoms with E-state index in [1.807, 2.05) is 0 Å². The fourth-order valence-corrected chi connectivity index (χ4v) is 2.97. The Labute approximate surface area is 127 Å². The van der Waals surface area contributed by atoms with Crippen LogP contribution >= 0.6 is 0 Å². The number of aromatic nitrogens is 2. The molecule has 1 heterocycles. The number of hydrogen-bond donors (Lipinski definition) is 3. The molecule has 1 amide bonds. The second-order valence-electron chi connectivity index (χ2n) is 5.84. The second-order valence-corrected chi connectivity index (χ2v) is 5.84. The summed E-state index contributed by atoms with van der Waals surface area (Å²) in [5.41, 5.74) is 0.184. The molecule has 0 bridgehead atoms. The Morgan fingerprint density at radius 2 is 2.14 bits per heavy atom. The summed E-state index contributed by atoms with van der Waals surface area (Å²) in [4.78, 5) is 26.3. The maximum absolute atomic E-state index is 12.1. The van der Waals surface area contributed by atoms with E-state index in [0.29, 0.717) is 24.2 Å². The van der Waals surface area contributed by atoms with Crippen molar-refractivity contribution in [2.45, 2.75) is 37.7 Å². The molecule has 0 saturated heterocycles. The third kappa shape index (κ3) is 3.12. The van der Waals surface area contributed by atoms with E-state index in [2.05, 4.69) is 10.3 Å². The number of nitrogens with zero attached hydrogens (tertiary/aromatic N) is 1. The van der Waals surface area contributed by atoms with Gasteiger partial charge >= 0.3 is 5.69 Å². The second kappa shape index (κ2) is 5.81. The van der Waals surface area contributed by atoms with E-state index in [0.717, 1.165) is 12.8 Å². The number of hydrogen-bond acceptors (Lipinski definition) is 3. The van der Waals surface area contributed by atoms with Crippen LogP contribution in [-0.2, 0) is 4.79 Å². The minimum Gasteiger partial charge on any atom is -0.389 e. The molecule has 3 N–H and O–H groups in total. The largest absolute Gasteiger partial charge is 0.389 e. The van der Waals surface area contributed by atoms with Crippen LogP contribution in [0.15, 0.2) is 41.5 Å². The van der Waals surface area contributed by atoms with E-state index in [4.69, 9.17) is 0 Å². The lowest BCUT2D eigenvalue weighted by atomic mass is 9.97. The van der Waals surface area contributed by atoms with Gasteiger partial charge in [-0.3, -0.25) is 9.36 Å². The first kappa shape index (κ1) is 14.6. The number of H-pyrrole nitrogens is 1. The first-order valence-electron chi connectivity index (χ1n) is 7.44. The molecule has 22 heavy (non-hydrogen) atoms. The van der Waals surface area contributed by atoms with Crippen LogP contribution in [0.1, 0.15) is 32.1 Å². The third-order valence-electron chi connectivity index (χ3n) is 4.08. The van der Waals surface area contributed by atoms with E-state index in [-0.39, 0.29) is 18.0 Å². The Balaban J connectivity index is 1.72. The van der Waals surface area contributed by atoms with Gasteiger partial charge in [0.15, 0.2) is 0 Å². The van der Waals surface area contributed by atoms with Crippen LogP contribution in [0.25, 0.3) is 5.69 Å². The number of carbonyl (C=O) groups is 1. The van der Waals surface area contributed by atoms with E-state index >= 15 is 0 Å². The van der Waals surface area contributed by atoms with E-state index in [1.54, 1.807) is 36.7 Å². The van der Waals surface area contributed by atoms with Crippen molar-refractivity contribution in [3.8, 4) is 5.69 Å². The molecule has 0 spiro atoms. The van der Waals surface area contributed by atoms with Crippen molar-refractivity contribution in [2.75, 3.05) is 5.32 Å². The van der Waals surface area contributed by atoms with Crippen LogP contribution < -0.4 is 11.0 Å². The number of amides is 1. The van der Waals surface area contributed by atoms with Gasteiger partial charge in [-0.15, -0.1) is 0 Å². The van der Waals surface area contributed by atoms with Gasteiger partial charge in [-0.1, -0.05) is 18.9 Å². The van der Waals surface area contributed by atoms with Crippen LogP contribution in [0.3, 0.4) is 0 Å². The Bertz CT molecular complexity index is 726. The summed E-state index contributed by atoms with van der Waals surface area (Å²) >= 11 is 0. The van der Waals surface area contributed by atoms with E-state index in [1.165, 1.54) is 4.57 Å².